The van der Waals surface area contributed by atoms with Gasteiger partial charge in [0.25, 0.3) is 0 Å². The minimum atomic E-state index is -0.304. The average Bonchev–Trinajstić information content (AvgIpc) is 2.72. The molecule has 0 aliphatic carbocycles. The molecule has 15 heavy (non-hydrogen) atoms. The highest BCUT2D eigenvalue weighted by atomic mass is 32.1. The van der Waals surface area contributed by atoms with Crippen LogP contribution in [0.5, 0.6) is 0 Å². The van der Waals surface area contributed by atoms with E-state index >= 15 is 0 Å². The van der Waals surface area contributed by atoms with Gasteiger partial charge in [0.1, 0.15) is 0 Å². The van der Waals surface area contributed by atoms with Gasteiger partial charge in [-0.25, -0.2) is 0 Å². The van der Waals surface area contributed by atoms with Crippen molar-refractivity contribution >= 4 is 11.3 Å². The minimum Gasteiger partial charge on any atom is -0.391 e. The van der Waals surface area contributed by atoms with Crippen molar-refractivity contribution in [3.05, 3.63) is 22.4 Å². The van der Waals surface area contributed by atoms with Gasteiger partial charge in [0.15, 0.2) is 0 Å². The van der Waals surface area contributed by atoms with Gasteiger partial charge in [-0.05, 0) is 18.4 Å². The molecule has 0 bridgehead atoms. The molecule has 0 saturated carbocycles. The van der Waals surface area contributed by atoms with Gasteiger partial charge in [0, 0.05) is 31.1 Å². The largest absolute Gasteiger partial charge is 0.391 e. The van der Waals surface area contributed by atoms with Crippen molar-refractivity contribution in [2.45, 2.75) is 19.1 Å². The second-order valence-electron chi connectivity index (χ2n) is 3.99. The van der Waals surface area contributed by atoms with Gasteiger partial charge in [-0.15, -0.1) is 11.3 Å². The first-order chi connectivity index (χ1) is 7.29. The summed E-state index contributed by atoms with van der Waals surface area (Å²) >= 11 is 1.73. The van der Waals surface area contributed by atoms with E-state index in [1.54, 1.807) is 11.3 Å². The van der Waals surface area contributed by atoms with Gasteiger partial charge < -0.3 is 10.4 Å². The molecule has 4 heteroatoms. The minimum absolute atomic E-state index is 0.173. The Morgan fingerprint density at radius 2 is 2.20 bits per heavy atom. The van der Waals surface area contributed by atoms with E-state index in [0.717, 1.165) is 26.2 Å². The molecular formula is C11H18N2OS. The summed E-state index contributed by atoms with van der Waals surface area (Å²) in [6, 6.07) is 4.34. The van der Waals surface area contributed by atoms with E-state index in [1.165, 1.54) is 4.88 Å². The lowest BCUT2D eigenvalue weighted by atomic mass is 10.1. The lowest BCUT2D eigenvalue weighted by Crippen LogP contribution is -2.47. The van der Waals surface area contributed by atoms with Crippen LogP contribution >= 0.6 is 11.3 Å². The van der Waals surface area contributed by atoms with Crippen molar-refractivity contribution in [2.24, 2.45) is 0 Å². The maximum atomic E-state index is 9.88. The Kier molecular flexibility index (Phi) is 3.75. The topological polar surface area (TPSA) is 35.5 Å². The third-order valence-electron chi connectivity index (χ3n) is 2.84. The van der Waals surface area contributed by atoms with Crippen molar-refractivity contribution in [1.29, 1.82) is 0 Å². The Hall–Kier alpha value is -0.420. The quantitative estimate of drug-likeness (QED) is 0.809. The van der Waals surface area contributed by atoms with E-state index in [0.29, 0.717) is 0 Å². The van der Waals surface area contributed by atoms with Crippen LogP contribution in [-0.4, -0.2) is 42.3 Å². The van der Waals surface area contributed by atoms with Crippen LogP contribution in [0.3, 0.4) is 0 Å². The van der Waals surface area contributed by atoms with Gasteiger partial charge >= 0.3 is 0 Å². The smallest absolute Gasteiger partial charge is 0.0716 e. The lowest BCUT2D eigenvalue weighted by Gasteiger charge is -2.35. The van der Waals surface area contributed by atoms with Gasteiger partial charge in [-0.2, -0.15) is 0 Å². The van der Waals surface area contributed by atoms with E-state index in [2.05, 4.69) is 27.7 Å². The molecule has 2 heterocycles. The second-order valence-corrected chi connectivity index (χ2v) is 4.97. The summed E-state index contributed by atoms with van der Waals surface area (Å²) in [7, 11) is 0. The molecule has 2 unspecified atom stereocenters. The highest BCUT2D eigenvalue weighted by Crippen LogP contribution is 2.28. The molecule has 0 spiro atoms. The van der Waals surface area contributed by atoms with Crippen molar-refractivity contribution in [3.8, 4) is 0 Å². The number of rotatable bonds is 3. The zero-order chi connectivity index (χ0) is 10.7. The molecular weight excluding hydrogens is 208 g/mol. The summed E-state index contributed by atoms with van der Waals surface area (Å²) in [5.41, 5.74) is 0. The molecule has 2 rings (SSSR count). The normalized spacial score (nSPS) is 22.5. The molecule has 1 aliphatic heterocycles. The van der Waals surface area contributed by atoms with Gasteiger partial charge in [-0.3, -0.25) is 4.90 Å². The molecule has 1 aromatic rings. The number of aliphatic hydroxyl groups excluding tert-OH is 1. The monoisotopic (exact) mass is 226 g/mol. The standard InChI is InChI=1S/C11H18N2OS/c1-9(14)11(10-3-2-8-15-10)13-6-4-12-5-7-13/h2-3,8-9,11-12,14H,4-7H2,1H3. The Bertz CT molecular complexity index is 281. The molecule has 2 N–H and O–H groups in total. The highest BCUT2D eigenvalue weighted by Gasteiger charge is 2.26. The fraction of sp³-hybridized carbons (Fsp3) is 0.636. The molecule has 0 amide bonds. The van der Waals surface area contributed by atoms with Crippen LogP contribution in [0.2, 0.25) is 0 Å². The SMILES string of the molecule is CC(O)C(c1cccs1)N1CCNCC1. The lowest BCUT2D eigenvalue weighted by molar-refractivity contribution is 0.0544. The van der Waals surface area contributed by atoms with Crippen LogP contribution in [0.15, 0.2) is 17.5 Å². The number of aliphatic hydroxyl groups is 1. The van der Waals surface area contributed by atoms with Crippen LogP contribution in [0, 0.1) is 0 Å². The molecule has 1 aliphatic rings. The van der Waals surface area contributed by atoms with Crippen molar-refractivity contribution in [3.63, 3.8) is 0 Å². The molecule has 0 radical (unpaired) electrons. The summed E-state index contributed by atoms with van der Waals surface area (Å²) in [5, 5.41) is 15.3. The predicted molar refractivity (Wildman–Crippen MR) is 63.2 cm³/mol. The molecule has 1 saturated heterocycles. The maximum absolute atomic E-state index is 9.88. The van der Waals surface area contributed by atoms with E-state index < -0.39 is 0 Å². The summed E-state index contributed by atoms with van der Waals surface area (Å²) in [5.74, 6) is 0. The van der Waals surface area contributed by atoms with Crippen LogP contribution in [-0.2, 0) is 0 Å². The number of hydrogen-bond acceptors (Lipinski definition) is 4. The molecule has 0 aromatic carbocycles. The zero-order valence-corrected chi connectivity index (χ0v) is 9.83. The Labute approximate surface area is 94.7 Å². The van der Waals surface area contributed by atoms with Gasteiger partial charge in [0.2, 0.25) is 0 Å². The molecule has 84 valence electrons. The van der Waals surface area contributed by atoms with Crippen molar-refractivity contribution < 1.29 is 5.11 Å². The van der Waals surface area contributed by atoms with Gasteiger partial charge in [0.05, 0.1) is 12.1 Å². The van der Waals surface area contributed by atoms with E-state index in [-0.39, 0.29) is 12.1 Å². The van der Waals surface area contributed by atoms with Crippen LogP contribution < -0.4 is 5.32 Å². The summed E-state index contributed by atoms with van der Waals surface area (Å²) in [6.07, 6.45) is -0.304. The molecule has 2 atom stereocenters. The number of hydrogen-bond donors (Lipinski definition) is 2. The zero-order valence-electron chi connectivity index (χ0n) is 9.02. The summed E-state index contributed by atoms with van der Waals surface area (Å²) in [6.45, 7) is 5.97. The highest BCUT2D eigenvalue weighted by molar-refractivity contribution is 7.10. The second kappa shape index (κ2) is 5.07. The van der Waals surface area contributed by atoms with Crippen LogP contribution in [0.1, 0.15) is 17.8 Å². The van der Waals surface area contributed by atoms with Crippen molar-refractivity contribution in [2.75, 3.05) is 26.2 Å². The Morgan fingerprint density at radius 3 is 2.73 bits per heavy atom. The Morgan fingerprint density at radius 1 is 1.47 bits per heavy atom. The molecule has 1 aromatic heterocycles. The average molecular weight is 226 g/mol. The third-order valence-corrected chi connectivity index (χ3v) is 3.78. The van der Waals surface area contributed by atoms with Gasteiger partial charge in [-0.1, -0.05) is 6.07 Å². The predicted octanol–water partition coefficient (Wildman–Crippen LogP) is 1.08. The Balaban J connectivity index is 2.12. The van der Waals surface area contributed by atoms with E-state index in [9.17, 15) is 5.11 Å². The maximum Gasteiger partial charge on any atom is 0.0716 e. The summed E-state index contributed by atoms with van der Waals surface area (Å²) in [4.78, 5) is 3.64. The number of thiophene rings is 1. The van der Waals surface area contributed by atoms with E-state index in [4.69, 9.17) is 0 Å². The third kappa shape index (κ3) is 2.58. The number of piperazine rings is 1. The number of nitrogens with zero attached hydrogens (tertiary/aromatic N) is 1. The first-order valence-electron chi connectivity index (χ1n) is 5.45. The molecule has 1 fully saturated rings. The fourth-order valence-corrected chi connectivity index (χ4v) is 3.10. The summed E-state index contributed by atoms with van der Waals surface area (Å²) < 4.78 is 0. The molecule has 3 nitrogen and oxygen atoms in total. The first-order valence-corrected chi connectivity index (χ1v) is 6.33. The van der Waals surface area contributed by atoms with Crippen LogP contribution in [0.25, 0.3) is 0 Å². The first kappa shape index (κ1) is 11.1. The van der Waals surface area contributed by atoms with Crippen LogP contribution in [0.4, 0.5) is 0 Å². The van der Waals surface area contributed by atoms with E-state index in [1.807, 2.05) is 6.92 Å². The van der Waals surface area contributed by atoms with Crippen molar-refractivity contribution in [1.82, 2.24) is 10.2 Å². The number of nitrogens with one attached hydrogen (secondary N) is 1. The fourth-order valence-electron chi connectivity index (χ4n) is 2.14.